The van der Waals surface area contributed by atoms with Gasteiger partial charge in [0.25, 0.3) is 5.91 Å². The molecule has 1 aliphatic heterocycles. The van der Waals surface area contributed by atoms with Gasteiger partial charge in [0.2, 0.25) is 11.8 Å². The minimum absolute atomic E-state index is 0.213. The van der Waals surface area contributed by atoms with Gasteiger partial charge in [0.15, 0.2) is 0 Å². The number of amides is 3. The maximum Gasteiger partial charge on any atom is 0.254 e. The Kier molecular flexibility index (Phi) is 2.90. The monoisotopic (exact) mass is 273 g/mol. The molecular formula is C12H11N5O3. The zero-order valence-corrected chi connectivity index (χ0v) is 10.3. The minimum Gasteiger partial charge on any atom is -0.340 e. The molecule has 1 saturated heterocycles. The summed E-state index contributed by atoms with van der Waals surface area (Å²) in [5.74, 6) is -1.22. The van der Waals surface area contributed by atoms with E-state index < -0.39 is 17.9 Å². The van der Waals surface area contributed by atoms with Gasteiger partial charge in [-0.3, -0.25) is 19.7 Å². The van der Waals surface area contributed by atoms with Crippen molar-refractivity contribution in [3.63, 3.8) is 0 Å². The molecule has 8 heteroatoms. The first-order chi connectivity index (χ1) is 9.65. The lowest BCUT2D eigenvalue weighted by molar-refractivity contribution is -0.134. The lowest BCUT2D eigenvalue weighted by Gasteiger charge is -2.21. The van der Waals surface area contributed by atoms with Crippen LogP contribution in [0.4, 0.5) is 0 Å². The molecule has 0 radical (unpaired) electrons. The van der Waals surface area contributed by atoms with Gasteiger partial charge in [-0.2, -0.15) is 15.4 Å². The zero-order chi connectivity index (χ0) is 14.1. The van der Waals surface area contributed by atoms with Gasteiger partial charge in [-0.15, -0.1) is 0 Å². The maximum atomic E-state index is 12.2. The number of carbonyl (C=O) groups is 3. The highest BCUT2D eigenvalue weighted by Crippen LogP contribution is 2.14. The van der Waals surface area contributed by atoms with Crippen molar-refractivity contribution >= 4 is 28.8 Å². The van der Waals surface area contributed by atoms with Crippen molar-refractivity contribution in [2.45, 2.75) is 18.9 Å². The number of aromatic amines is 1. The van der Waals surface area contributed by atoms with Gasteiger partial charge >= 0.3 is 0 Å². The Bertz CT molecular complexity index is 708. The molecule has 1 aromatic heterocycles. The molecule has 3 N–H and O–H groups in total. The normalized spacial score (nSPS) is 18.9. The maximum absolute atomic E-state index is 12.2. The number of imide groups is 1. The van der Waals surface area contributed by atoms with Gasteiger partial charge in [-0.25, -0.2) is 0 Å². The van der Waals surface area contributed by atoms with Crippen molar-refractivity contribution in [1.82, 2.24) is 26.0 Å². The molecule has 0 spiro atoms. The van der Waals surface area contributed by atoms with Crippen LogP contribution in [-0.4, -0.2) is 39.2 Å². The van der Waals surface area contributed by atoms with Crippen LogP contribution < -0.4 is 10.6 Å². The highest BCUT2D eigenvalue weighted by molar-refractivity contribution is 6.07. The van der Waals surface area contributed by atoms with Gasteiger partial charge in [0.05, 0.1) is 5.56 Å². The molecule has 1 unspecified atom stereocenters. The number of H-pyrrole nitrogens is 1. The molecule has 0 bridgehead atoms. The summed E-state index contributed by atoms with van der Waals surface area (Å²) in [5.41, 5.74) is 1.35. The van der Waals surface area contributed by atoms with Crippen LogP contribution in [0.1, 0.15) is 23.2 Å². The summed E-state index contributed by atoms with van der Waals surface area (Å²) in [6.45, 7) is 0. The fourth-order valence-corrected chi connectivity index (χ4v) is 2.12. The zero-order valence-electron chi connectivity index (χ0n) is 10.3. The van der Waals surface area contributed by atoms with Crippen LogP contribution in [-0.2, 0) is 9.59 Å². The molecular weight excluding hydrogens is 262 g/mol. The first kappa shape index (κ1) is 12.3. The lowest BCUT2D eigenvalue weighted by atomic mass is 10.1. The van der Waals surface area contributed by atoms with Crippen molar-refractivity contribution in [2.24, 2.45) is 0 Å². The summed E-state index contributed by atoms with van der Waals surface area (Å²) in [7, 11) is 0. The van der Waals surface area contributed by atoms with E-state index in [0.717, 1.165) is 0 Å². The van der Waals surface area contributed by atoms with Crippen molar-refractivity contribution in [1.29, 1.82) is 0 Å². The summed E-state index contributed by atoms with van der Waals surface area (Å²) < 4.78 is 0. The third-order valence-corrected chi connectivity index (χ3v) is 3.14. The summed E-state index contributed by atoms with van der Waals surface area (Å²) in [6, 6.07) is 4.31. The third-order valence-electron chi connectivity index (χ3n) is 3.14. The largest absolute Gasteiger partial charge is 0.340 e. The topological polar surface area (TPSA) is 117 Å². The molecule has 1 fully saturated rings. The molecule has 0 aliphatic carbocycles. The number of nitrogens with zero attached hydrogens (tertiary/aromatic N) is 2. The molecule has 1 atom stereocenters. The number of benzene rings is 1. The van der Waals surface area contributed by atoms with E-state index in [-0.39, 0.29) is 12.3 Å². The van der Waals surface area contributed by atoms with Crippen LogP contribution in [0, 0.1) is 0 Å². The number of aromatic nitrogens is 3. The van der Waals surface area contributed by atoms with Crippen LogP contribution in [0.5, 0.6) is 0 Å². The highest BCUT2D eigenvalue weighted by Gasteiger charge is 2.28. The number of nitrogens with one attached hydrogen (secondary N) is 3. The number of hydrogen-bond acceptors (Lipinski definition) is 5. The standard InChI is InChI=1S/C12H11N5O3/c18-9-5-4-8(12(20)14-9)13-11(19)6-2-1-3-7-10(6)16-17-15-7/h1-3,8H,4-5H2,(H,13,19)(H,14,18,20)(H,15,16,17). The van der Waals surface area contributed by atoms with Gasteiger partial charge in [0, 0.05) is 6.42 Å². The number of piperidine rings is 1. The Hall–Kier alpha value is -2.77. The molecule has 8 nitrogen and oxygen atoms in total. The van der Waals surface area contributed by atoms with Crippen LogP contribution in [0.3, 0.4) is 0 Å². The van der Waals surface area contributed by atoms with Gasteiger partial charge < -0.3 is 5.32 Å². The smallest absolute Gasteiger partial charge is 0.254 e. The molecule has 2 heterocycles. The van der Waals surface area contributed by atoms with Crippen LogP contribution in [0.25, 0.3) is 11.0 Å². The summed E-state index contributed by atoms with van der Waals surface area (Å²) in [5, 5.41) is 15.0. The summed E-state index contributed by atoms with van der Waals surface area (Å²) in [6.07, 6.45) is 0.510. The van der Waals surface area contributed by atoms with E-state index in [1.54, 1.807) is 18.2 Å². The molecule has 1 aromatic carbocycles. The van der Waals surface area contributed by atoms with Gasteiger partial charge in [-0.1, -0.05) is 6.07 Å². The molecule has 3 rings (SSSR count). The SMILES string of the molecule is O=C1CCC(NC(=O)c2cccc3n[nH]nc23)C(=O)N1. The summed E-state index contributed by atoms with van der Waals surface area (Å²) in [4.78, 5) is 34.8. The summed E-state index contributed by atoms with van der Waals surface area (Å²) >= 11 is 0. The Morgan fingerprint density at radius 2 is 2.15 bits per heavy atom. The number of para-hydroxylation sites is 1. The fourth-order valence-electron chi connectivity index (χ4n) is 2.12. The van der Waals surface area contributed by atoms with Gasteiger partial charge in [-0.05, 0) is 18.6 Å². The van der Waals surface area contributed by atoms with E-state index in [0.29, 0.717) is 23.0 Å². The molecule has 102 valence electrons. The molecule has 1 aliphatic rings. The first-order valence-electron chi connectivity index (χ1n) is 6.09. The van der Waals surface area contributed by atoms with E-state index >= 15 is 0 Å². The van der Waals surface area contributed by atoms with Crippen LogP contribution in [0.15, 0.2) is 18.2 Å². The second-order valence-electron chi connectivity index (χ2n) is 4.47. The quantitative estimate of drug-likeness (QED) is 0.637. The van der Waals surface area contributed by atoms with Crippen molar-refractivity contribution in [2.75, 3.05) is 0 Å². The van der Waals surface area contributed by atoms with E-state index in [1.165, 1.54) is 0 Å². The second-order valence-corrected chi connectivity index (χ2v) is 4.47. The lowest BCUT2D eigenvalue weighted by Crippen LogP contribution is -2.52. The molecule has 20 heavy (non-hydrogen) atoms. The Labute approximate surface area is 112 Å². The van der Waals surface area contributed by atoms with E-state index in [4.69, 9.17) is 0 Å². The van der Waals surface area contributed by atoms with Crippen LogP contribution in [0.2, 0.25) is 0 Å². The minimum atomic E-state index is -0.706. The number of fused-ring (bicyclic) bond motifs is 1. The highest BCUT2D eigenvalue weighted by atomic mass is 16.2. The number of carbonyl (C=O) groups excluding carboxylic acids is 3. The average molecular weight is 273 g/mol. The van der Waals surface area contributed by atoms with E-state index in [2.05, 4.69) is 26.0 Å². The third kappa shape index (κ3) is 2.11. The number of rotatable bonds is 2. The van der Waals surface area contributed by atoms with Crippen molar-refractivity contribution in [3.05, 3.63) is 23.8 Å². The predicted octanol–water partition coefficient (Wildman–Crippen LogP) is -0.507. The molecule has 3 amide bonds. The fraction of sp³-hybridized carbons (Fsp3) is 0.250. The molecule has 0 saturated carbocycles. The Morgan fingerprint density at radius 1 is 1.30 bits per heavy atom. The second kappa shape index (κ2) is 4.72. The Balaban J connectivity index is 1.81. The number of hydrogen-bond donors (Lipinski definition) is 3. The van der Waals surface area contributed by atoms with E-state index in [1.807, 2.05) is 0 Å². The van der Waals surface area contributed by atoms with Crippen molar-refractivity contribution < 1.29 is 14.4 Å². The average Bonchev–Trinajstić information content (AvgIpc) is 2.90. The van der Waals surface area contributed by atoms with Crippen molar-refractivity contribution in [3.8, 4) is 0 Å². The van der Waals surface area contributed by atoms with E-state index in [9.17, 15) is 14.4 Å². The molecule has 2 aromatic rings. The van der Waals surface area contributed by atoms with Gasteiger partial charge in [0.1, 0.15) is 17.1 Å². The van der Waals surface area contributed by atoms with Crippen LogP contribution >= 0.6 is 0 Å². The first-order valence-corrected chi connectivity index (χ1v) is 6.09. The predicted molar refractivity (Wildman–Crippen MR) is 67.5 cm³/mol. The Morgan fingerprint density at radius 3 is 2.95 bits per heavy atom.